The summed E-state index contributed by atoms with van der Waals surface area (Å²) in [6.07, 6.45) is 2.89. The number of hydrogen-bond donors (Lipinski definition) is 1. The molecule has 0 saturated carbocycles. The molecular weight excluding hydrogens is 146 g/mol. The largest absolute Gasteiger partial charge is 0.477 e. The van der Waals surface area contributed by atoms with Crippen LogP contribution in [0.25, 0.3) is 0 Å². The maximum Gasteiger partial charge on any atom is 0.352 e. The fraction of sp³-hybridized carbons (Fsp3) is 0.429. The molecule has 0 aromatic rings. The first kappa shape index (κ1) is 6.39. The summed E-state index contributed by atoms with van der Waals surface area (Å²) in [6.45, 7) is 0. The fourth-order valence-electron chi connectivity index (χ4n) is 1.53. The van der Waals surface area contributed by atoms with Gasteiger partial charge >= 0.3 is 5.97 Å². The van der Waals surface area contributed by atoms with Gasteiger partial charge in [0.05, 0.1) is 6.04 Å². The summed E-state index contributed by atoms with van der Waals surface area (Å²) >= 11 is 0. The van der Waals surface area contributed by atoms with Crippen LogP contribution in [0.15, 0.2) is 11.8 Å². The van der Waals surface area contributed by atoms with Crippen LogP contribution in [0.3, 0.4) is 0 Å². The Morgan fingerprint density at radius 1 is 1.73 bits per heavy atom. The van der Waals surface area contributed by atoms with Gasteiger partial charge in [0.2, 0.25) is 5.91 Å². The molecule has 4 nitrogen and oxygen atoms in total. The van der Waals surface area contributed by atoms with Gasteiger partial charge in [0, 0.05) is 6.42 Å². The Hall–Kier alpha value is -1.32. The third-order valence-corrected chi connectivity index (χ3v) is 2.08. The third kappa shape index (κ3) is 0.691. The van der Waals surface area contributed by atoms with Gasteiger partial charge in [0.15, 0.2) is 0 Å². The highest BCUT2D eigenvalue weighted by atomic mass is 16.4. The Morgan fingerprint density at radius 3 is 3.00 bits per heavy atom. The Kier molecular flexibility index (Phi) is 1.07. The number of fused-ring (bicyclic) bond motifs is 1. The summed E-state index contributed by atoms with van der Waals surface area (Å²) < 4.78 is 0. The highest BCUT2D eigenvalue weighted by Crippen LogP contribution is 2.32. The van der Waals surface area contributed by atoms with E-state index < -0.39 is 5.97 Å². The number of carboxylic acid groups (broad SMARTS) is 1. The molecular formula is C7H7NO3. The Labute approximate surface area is 63.1 Å². The maximum atomic E-state index is 11.0. The molecule has 2 heterocycles. The molecule has 1 unspecified atom stereocenters. The monoisotopic (exact) mass is 153 g/mol. The van der Waals surface area contributed by atoms with Crippen LogP contribution in [0.5, 0.6) is 0 Å². The van der Waals surface area contributed by atoms with Crippen LogP contribution in [0, 0.1) is 0 Å². The van der Waals surface area contributed by atoms with Crippen LogP contribution in [0.2, 0.25) is 0 Å². The van der Waals surface area contributed by atoms with Crippen molar-refractivity contribution in [2.45, 2.75) is 18.9 Å². The van der Waals surface area contributed by atoms with Crippen molar-refractivity contribution in [2.75, 3.05) is 0 Å². The van der Waals surface area contributed by atoms with Crippen molar-refractivity contribution in [3.8, 4) is 0 Å². The van der Waals surface area contributed by atoms with Gasteiger partial charge in [-0.3, -0.25) is 9.69 Å². The molecule has 4 heteroatoms. The lowest BCUT2D eigenvalue weighted by atomic mass is 10.1. The highest BCUT2D eigenvalue weighted by Gasteiger charge is 2.42. The van der Waals surface area contributed by atoms with Crippen molar-refractivity contribution < 1.29 is 14.7 Å². The lowest BCUT2D eigenvalue weighted by Gasteiger charge is -2.31. The average molecular weight is 153 g/mol. The number of aliphatic carboxylic acids is 1. The van der Waals surface area contributed by atoms with Crippen LogP contribution in [0.4, 0.5) is 0 Å². The molecule has 0 aromatic carbocycles. The van der Waals surface area contributed by atoms with Crippen molar-refractivity contribution in [3.05, 3.63) is 11.8 Å². The van der Waals surface area contributed by atoms with Gasteiger partial charge in [-0.15, -0.1) is 0 Å². The zero-order valence-corrected chi connectivity index (χ0v) is 5.78. The quantitative estimate of drug-likeness (QED) is 0.575. The minimum atomic E-state index is -1.00. The minimum Gasteiger partial charge on any atom is -0.477 e. The van der Waals surface area contributed by atoms with E-state index in [1.54, 1.807) is 6.08 Å². The second-order valence-electron chi connectivity index (χ2n) is 2.73. The van der Waals surface area contributed by atoms with Gasteiger partial charge in [-0.2, -0.15) is 0 Å². The van der Waals surface area contributed by atoms with E-state index in [9.17, 15) is 9.59 Å². The Balaban J connectivity index is 2.25. The molecule has 0 bridgehead atoms. The molecule has 2 rings (SSSR count). The van der Waals surface area contributed by atoms with E-state index in [0.717, 1.165) is 6.42 Å². The number of carbonyl (C=O) groups is 2. The minimum absolute atomic E-state index is 0.0603. The molecule has 0 spiro atoms. The number of rotatable bonds is 1. The van der Waals surface area contributed by atoms with Crippen LogP contribution in [-0.2, 0) is 9.59 Å². The van der Waals surface area contributed by atoms with Gasteiger partial charge in [-0.05, 0) is 12.5 Å². The first-order valence-corrected chi connectivity index (χ1v) is 3.47. The molecule has 0 radical (unpaired) electrons. The Bertz CT molecular complexity index is 269. The predicted molar refractivity (Wildman–Crippen MR) is 35.6 cm³/mol. The lowest BCUT2D eigenvalue weighted by molar-refractivity contribution is -0.140. The smallest absolute Gasteiger partial charge is 0.352 e. The van der Waals surface area contributed by atoms with Crippen molar-refractivity contribution in [3.63, 3.8) is 0 Å². The number of hydrogen-bond acceptors (Lipinski definition) is 2. The SMILES string of the molecule is O=C(O)C1=CC2CCC(=O)N12. The topological polar surface area (TPSA) is 57.6 Å². The summed E-state index contributed by atoms with van der Waals surface area (Å²) in [6, 6.07) is 0.0774. The second kappa shape index (κ2) is 1.84. The zero-order valence-electron chi connectivity index (χ0n) is 5.78. The van der Waals surface area contributed by atoms with Gasteiger partial charge in [0.1, 0.15) is 5.70 Å². The first-order chi connectivity index (χ1) is 5.20. The maximum absolute atomic E-state index is 11.0. The summed E-state index contributed by atoms with van der Waals surface area (Å²) in [5, 5.41) is 8.54. The summed E-state index contributed by atoms with van der Waals surface area (Å²) in [5.41, 5.74) is 0.150. The van der Waals surface area contributed by atoms with Crippen molar-refractivity contribution >= 4 is 11.9 Å². The Morgan fingerprint density at radius 2 is 2.45 bits per heavy atom. The molecule has 2 aliphatic heterocycles. The summed E-state index contributed by atoms with van der Waals surface area (Å²) in [7, 11) is 0. The zero-order chi connectivity index (χ0) is 8.01. The highest BCUT2D eigenvalue weighted by molar-refractivity contribution is 5.96. The number of amides is 1. The number of nitrogens with zero attached hydrogens (tertiary/aromatic N) is 1. The number of carbonyl (C=O) groups excluding carboxylic acids is 1. The lowest BCUT2D eigenvalue weighted by Crippen LogP contribution is -2.42. The molecule has 11 heavy (non-hydrogen) atoms. The fourth-order valence-corrected chi connectivity index (χ4v) is 1.53. The van der Waals surface area contributed by atoms with Crippen LogP contribution >= 0.6 is 0 Å². The van der Waals surface area contributed by atoms with Gasteiger partial charge < -0.3 is 5.11 Å². The van der Waals surface area contributed by atoms with Gasteiger partial charge in [-0.25, -0.2) is 4.79 Å². The first-order valence-electron chi connectivity index (χ1n) is 3.47. The van der Waals surface area contributed by atoms with E-state index in [-0.39, 0.29) is 17.6 Å². The molecule has 58 valence electrons. The van der Waals surface area contributed by atoms with Crippen molar-refractivity contribution in [2.24, 2.45) is 0 Å². The van der Waals surface area contributed by atoms with Gasteiger partial charge in [0.25, 0.3) is 0 Å². The summed E-state index contributed by atoms with van der Waals surface area (Å²) in [4.78, 5) is 22.7. The number of carboxylic acids is 1. The van der Waals surface area contributed by atoms with Crippen LogP contribution < -0.4 is 0 Å². The predicted octanol–water partition coefficient (Wildman–Crippen LogP) is -0.0405. The molecule has 1 fully saturated rings. The molecule has 1 atom stereocenters. The molecule has 1 N–H and O–H groups in total. The van der Waals surface area contributed by atoms with Crippen LogP contribution in [-0.4, -0.2) is 27.9 Å². The van der Waals surface area contributed by atoms with E-state index in [4.69, 9.17) is 5.11 Å². The van der Waals surface area contributed by atoms with Crippen molar-refractivity contribution in [1.82, 2.24) is 4.90 Å². The molecule has 0 aromatic heterocycles. The molecule has 2 aliphatic rings. The van der Waals surface area contributed by atoms with E-state index in [1.165, 1.54) is 4.90 Å². The standard InChI is InChI=1S/C7H7NO3/c9-6-2-1-4-3-5(7(10)11)8(4)6/h3-4H,1-2H2,(H,10,11). The normalized spacial score (nSPS) is 27.6. The van der Waals surface area contributed by atoms with E-state index in [2.05, 4.69) is 0 Å². The van der Waals surface area contributed by atoms with E-state index in [0.29, 0.717) is 6.42 Å². The van der Waals surface area contributed by atoms with Gasteiger partial charge in [-0.1, -0.05) is 0 Å². The molecule has 0 aliphatic carbocycles. The second-order valence-corrected chi connectivity index (χ2v) is 2.73. The molecule has 1 amide bonds. The van der Waals surface area contributed by atoms with Crippen LogP contribution in [0.1, 0.15) is 12.8 Å². The van der Waals surface area contributed by atoms with E-state index in [1.807, 2.05) is 0 Å². The van der Waals surface area contributed by atoms with Crippen molar-refractivity contribution in [1.29, 1.82) is 0 Å². The third-order valence-electron chi connectivity index (χ3n) is 2.08. The van der Waals surface area contributed by atoms with E-state index >= 15 is 0 Å². The molecule has 1 saturated heterocycles. The average Bonchev–Trinajstić information content (AvgIpc) is 2.06. The summed E-state index contributed by atoms with van der Waals surface area (Å²) in [5.74, 6) is -1.06.